The molecule has 14 heavy (non-hydrogen) atoms. The number of carbonyl (C=O) groups is 1. The zero-order chi connectivity index (χ0) is 10.7. The highest BCUT2D eigenvalue weighted by molar-refractivity contribution is 5.82. The van der Waals surface area contributed by atoms with Crippen molar-refractivity contribution in [3.8, 4) is 0 Å². The number of carbonyl (C=O) groups excluding carboxylic acids is 1. The Labute approximate surface area is 85.4 Å². The van der Waals surface area contributed by atoms with Crippen LogP contribution in [0.25, 0.3) is 0 Å². The molecule has 0 aromatic heterocycles. The number of nitrogens with two attached hydrogens (primary N) is 1. The van der Waals surface area contributed by atoms with E-state index in [1.807, 2.05) is 13.8 Å². The third kappa shape index (κ3) is 2.45. The van der Waals surface area contributed by atoms with E-state index in [1.165, 1.54) is 0 Å². The highest BCUT2D eigenvalue weighted by Gasteiger charge is 2.30. The van der Waals surface area contributed by atoms with Gasteiger partial charge in [0, 0.05) is 20.2 Å². The molecule has 1 heterocycles. The van der Waals surface area contributed by atoms with Gasteiger partial charge < -0.3 is 15.4 Å². The summed E-state index contributed by atoms with van der Waals surface area (Å²) in [7, 11) is 1.68. The van der Waals surface area contributed by atoms with Crippen molar-refractivity contribution >= 4 is 5.91 Å². The van der Waals surface area contributed by atoms with Gasteiger partial charge in [-0.05, 0) is 12.3 Å². The molecule has 2 unspecified atom stereocenters. The van der Waals surface area contributed by atoms with Crippen molar-refractivity contribution < 1.29 is 9.53 Å². The molecule has 1 fully saturated rings. The summed E-state index contributed by atoms with van der Waals surface area (Å²) in [6, 6.07) is -0.370. The Morgan fingerprint density at radius 1 is 1.57 bits per heavy atom. The highest BCUT2D eigenvalue weighted by Crippen LogP contribution is 2.14. The van der Waals surface area contributed by atoms with Crippen LogP contribution in [0, 0.1) is 5.92 Å². The summed E-state index contributed by atoms with van der Waals surface area (Å²) in [6.45, 7) is 5.40. The predicted molar refractivity (Wildman–Crippen MR) is 54.8 cm³/mol. The first-order chi connectivity index (χ1) is 6.56. The number of ether oxygens (including phenoxy) is 1. The van der Waals surface area contributed by atoms with Crippen molar-refractivity contribution in [2.24, 2.45) is 11.7 Å². The molecule has 0 aromatic carbocycles. The maximum absolute atomic E-state index is 11.8. The van der Waals surface area contributed by atoms with Crippen LogP contribution in [0.5, 0.6) is 0 Å². The smallest absolute Gasteiger partial charge is 0.239 e. The quantitative estimate of drug-likeness (QED) is 0.709. The Balaban J connectivity index is 2.47. The fraction of sp³-hybridized carbons (Fsp3) is 0.900. The first-order valence-electron chi connectivity index (χ1n) is 5.13. The van der Waals surface area contributed by atoms with Crippen molar-refractivity contribution in [2.45, 2.75) is 32.4 Å². The second-order valence-electron chi connectivity index (χ2n) is 4.20. The maximum Gasteiger partial charge on any atom is 0.239 e. The molecule has 0 aromatic rings. The lowest BCUT2D eigenvalue weighted by Gasteiger charge is -2.22. The van der Waals surface area contributed by atoms with Gasteiger partial charge in [0.15, 0.2) is 0 Å². The number of hydrogen-bond acceptors (Lipinski definition) is 3. The minimum Gasteiger partial charge on any atom is -0.380 e. The Kier molecular flexibility index (Phi) is 3.89. The van der Waals surface area contributed by atoms with Crippen LogP contribution in [0.15, 0.2) is 0 Å². The molecule has 1 rings (SSSR count). The molecule has 0 saturated carbocycles. The van der Waals surface area contributed by atoms with Crippen LogP contribution in [0.3, 0.4) is 0 Å². The normalized spacial score (nSPS) is 24.4. The standard InChI is InChI=1S/C10H20N2O2/c1-7(2)9(11)10(13)12-5-4-8(6-12)14-3/h7-9H,4-6,11H2,1-3H3. The van der Waals surface area contributed by atoms with Crippen molar-refractivity contribution in [3.05, 3.63) is 0 Å². The Hall–Kier alpha value is -0.610. The van der Waals surface area contributed by atoms with Gasteiger partial charge in [0.2, 0.25) is 5.91 Å². The third-order valence-corrected chi connectivity index (χ3v) is 2.79. The molecule has 1 saturated heterocycles. The second-order valence-corrected chi connectivity index (χ2v) is 4.20. The summed E-state index contributed by atoms with van der Waals surface area (Å²) >= 11 is 0. The molecule has 1 aliphatic rings. The number of rotatable bonds is 3. The summed E-state index contributed by atoms with van der Waals surface area (Å²) in [4.78, 5) is 13.6. The predicted octanol–water partition coefficient (Wildman–Crippen LogP) is 0.217. The van der Waals surface area contributed by atoms with Crippen LogP contribution in [0.1, 0.15) is 20.3 Å². The first kappa shape index (κ1) is 11.5. The monoisotopic (exact) mass is 200 g/mol. The van der Waals surface area contributed by atoms with Crippen molar-refractivity contribution in [1.29, 1.82) is 0 Å². The van der Waals surface area contributed by atoms with Crippen molar-refractivity contribution in [1.82, 2.24) is 4.90 Å². The van der Waals surface area contributed by atoms with Crippen LogP contribution in [0.4, 0.5) is 0 Å². The van der Waals surface area contributed by atoms with Crippen molar-refractivity contribution in [2.75, 3.05) is 20.2 Å². The zero-order valence-electron chi connectivity index (χ0n) is 9.19. The lowest BCUT2D eigenvalue weighted by atomic mass is 10.0. The van der Waals surface area contributed by atoms with E-state index >= 15 is 0 Å². The minimum absolute atomic E-state index is 0.0551. The molecule has 0 aliphatic carbocycles. The van der Waals surface area contributed by atoms with E-state index < -0.39 is 0 Å². The number of likely N-dealkylation sites (tertiary alicyclic amines) is 1. The van der Waals surface area contributed by atoms with Crippen LogP contribution in [-0.4, -0.2) is 43.2 Å². The van der Waals surface area contributed by atoms with E-state index in [4.69, 9.17) is 10.5 Å². The molecule has 2 N–H and O–H groups in total. The second kappa shape index (κ2) is 4.75. The molecule has 1 aliphatic heterocycles. The average molecular weight is 200 g/mol. The van der Waals surface area contributed by atoms with E-state index in [-0.39, 0.29) is 24.0 Å². The van der Waals surface area contributed by atoms with E-state index in [1.54, 1.807) is 12.0 Å². The Bertz CT molecular complexity index is 206. The average Bonchev–Trinajstić information content (AvgIpc) is 2.63. The van der Waals surface area contributed by atoms with Gasteiger partial charge in [-0.15, -0.1) is 0 Å². The first-order valence-corrected chi connectivity index (χ1v) is 5.13. The summed E-state index contributed by atoms with van der Waals surface area (Å²) in [6.07, 6.45) is 1.12. The van der Waals surface area contributed by atoms with E-state index in [0.29, 0.717) is 6.54 Å². The van der Waals surface area contributed by atoms with Gasteiger partial charge in [0.25, 0.3) is 0 Å². The summed E-state index contributed by atoms with van der Waals surface area (Å²) in [5, 5.41) is 0. The van der Waals surface area contributed by atoms with E-state index in [0.717, 1.165) is 13.0 Å². The number of hydrogen-bond donors (Lipinski definition) is 1. The molecular weight excluding hydrogens is 180 g/mol. The molecule has 0 radical (unpaired) electrons. The fourth-order valence-corrected chi connectivity index (χ4v) is 1.62. The molecule has 4 nitrogen and oxygen atoms in total. The zero-order valence-corrected chi connectivity index (χ0v) is 9.19. The highest BCUT2D eigenvalue weighted by atomic mass is 16.5. The molecule has 0 spiro atoms. The van der Waals surface area contributed by atoms with Gasteiger partial charge in [-0.1, -0.05) is 13.8 Å². The molecule has 1 amide bonds. The van der Waals surface area contributed by atoms with Gasteiger partial charge >= 0.3 is 0 Å². The van der Waals surface area contributed by atoms with Crippen LogP contribution in [0.2, 0.25) is 0 Å². The number of nitrogens with zero attached hydrogens (tertiary/aromatic N) is 1. The van der Waals surface area contributed by atoms with Gasteiger partial charge in [-0.2, -0.15) is 0 Å². The number of amides is 1. The largest absolute Gasteiger partial charge is 0.380 e. The SMILES string of the molecule is COC1CCN(C(=O)C(N)C(C)C)C1. The van der Waals surface area contributed by atoms with Gasteiger partial charge in [-0.3, -0.25) is 4.79 Å². The third-order valence-electron chi connectivity index (χ3n) is 2.79. The van der Waals surface area contributed by atoms with Crippen LogP contribution in [-0.2, 0) is 9.53 Å². The van der Waals surface area contributed by atoms with Gasteiger partial charge in [-0.25, -0.2) is 0 Å². The van der Waals surface area contributed by atoms with Crippen LogP contribution < -0.4 is 5.73 Å². The Morgan fingerprint density at radius 2 is 2.21 bits per heavy atom. The maximum atomic E-state index is 11.8. The van der Waals surface area contributed by atoms with Crippen molar-refractivity contribution in [3.63, 3.8) is 0 Å². The van der Waals surface area contributed by atoms with Gasteiger partial charge in [0.05, 0.1) is 12.1 Å². The summed E-state index contributed by atoms with van der Waals surface area (Å²) < 4.78 is 5.20. The molecule has 2 atom stereocenters. The summed E-state index contributed by atoms with van der Waals surface area (Å²) in [5.74, 6) is 0.253. The summed E-state index contributed by atoms with van der Waals surface area (Å²) in [5.41, 5.74) is 5.79. The molecule has 0 bridgehead atoms. The van der Waals surface area contributed by atoms with Gasteiger partial charge in [0.1, 0.15) is 0 Å². The minimum atomic E-state index is -0.370. The fourth-order valence-electron chi connectivity index (χ4n) is 1.62. The lowest BCUT2D eigenvalue weighted by molar-refractivity contribution is -0.132. The molecular formula is C10H20N2O2. The topological polar surface area (TPSA) is 55.6 Å². The Morgan fingerprint density at radius 3 is 2.64 bits per heavy atom. The molecule has 82 valence electrons. The molecule has 4 heteroatoms. The lowest BCUT2D eigenvalue weighted by Crippen LogP contribution is -2.45. The number of methoxy groups -OCH3 is 1. The van der Waals surface area contributed by atoms with E-state index in [9.17, 15) is 4.79 Å². The van der Waals surface area contributed by atoms with Crippen LogP contribution >= 0.6 is 0 Å². The van der Waals surface area contributed by atoms with E-state index in [2.05, 4.69) is 0 Å².